The minimum Gasteiger partial charge on any atom is -0.322 e. The number of fused-ring (bicyclic) bond motifs is 1. The maximum Gasteiger partial charge on any atom is 0.282 e. The number of amides is 1. The standard InChI is InChI=1S/C20H21F2N3O/c1-12(2)10-13-6-4-8-15-14(13)7-5-9-17(15)23-20(26)16-11-25(3)24-18(16)19(21)22/h5,7,9,11,19H,4,6,8H2,1-3H3,(H,23,26). The lowest BCUT2D eigenvalue weighted by atomic mass is 9.86. The molecule has 0 aliphatic heterocycles. The quantitative estimate of drug-likeness (QED) is 0.795. The second kappa shape index (κ2) is 7.26. The number of aryl methyl sites for hydroxylation is 1. The third-order valence-electron chi connectivity index (χ3n) is 4.31. The predicted octanol–water partition coefficient (Wildman–Crippen LogP) is 4.89. The maximum absolute atomic E-state index is 13.1. The molecule has 0 radical (unpaired) electrons. The fourth-order valence-corrected chi connectivity index (χ4v) is 3.30. The number of benzene rings is 1. The molecule has 0 saturated heterocycles. The van der Waals surface area contributed by atoms with E-state index in [2.05, 4.69) is 16.1 Å². The lowest BCUT2D eigenvalue weighted by Gasteiger charge is -2.21. The Hall–Kier alpha value is -2.72. The Morgan fingerprint density at radius 1 is 1.31 bits per heavy atom. The van der Waals surface area contributed by atoms with Crippen LogP contribution in [0.15, 0.2) is 35.7 Å². The van der Waals surface area contributed by atoms with Gasteiger partial charge < -0.3 is 5.32 Å². The molecule has 0 spiro atoms. The van der Waals surface area contributed by atoms with Gasteiger partial charge in [0.15, 0.2) is 0 Å². The van der Waals surface area contributed by atoms with E-state index in [9.17, 15) is 13.6 Å². The number of hydrogen-bond donors (Lipinski definition) is 1. The molecule has 1 aromatic heterocycles. The number of nitrogens with zero attached hydrogens (tertiary/aromatic N) is 2. The predicted molar refractivity (Wildman–Crippen MR) is 97.3 cm³/mol. The number of hydrogen-bond acceptors (Lipinski definition) is 2. The van der Waals surface area contributed by atoms with Crippen molar-refractivity contribution in [3.05, 3.63) is 58.1 Å². The van der Waals surface area contributed by atoms with Gasteiger partial charge in [0.05, 0.1) is 5.56 Å². The van der Waals surface area contributed by atoms with Crippen molar-refractivity contribution in [1.82, 2.24) is 9.78 Å². The number of allylic oxidation sites excluding steroid dienone is 1. The van der Waals surface area contributed by atoms with Crippen LogP contribution < -0.4 is 5.32 Å². The van der Waals surface area contributed by atoms with Crippen molar-refractivity contribution in [3.8, 4) is 0 Å². The zero-order valence-electron chi connectivity index (χ0n) is 15.1. The Balaban J connectivity index is 1.98. The van der Waals surface area contributed by atoms with Crippen LogP contribution in [0.4, 0.5) is 14.5 Å². The van der Waals surface area contributed by atoms with E-state index < -0.39 is 18.0 Å². The summed E-state index contributed by atoms with van der Waals surface area (Å²) in [5.74, 6) is -0.569. The lowest BCUT2D eigenvalue weighted by Crippen LogP contribution is -2.16. The van der Waals surface area contributed by atoms with Crippen molar-refractivity contribution < 1.29 is 13.6 Å². The van der Waals surface area contributed by atoms with Crippen LogP contribution in [0.3, 0.4) is 0 Å². The summed E-state index contributed by atoms with van der Waals surface area (Å²) in [5, 5.41) is 6.49. The normalized spacial score (nSPS) is 13.4. The van der Waals surface area contributed by atoms with Gasteiger partial charge in [0.2, 0.25) is 0 Å². The van der Waals surface area contributed by atoms with Gasteiger partial charge in [0.1, 0.15) is 5.69 Å². The first kappa shape index (κ1) is 18.1. The van der Waals surface area contributed by atoms with Crippen LogP contribution in [0.1, 0.15) is 60.3 Å². The Bertz CT molecular complexity index is 917. The molecule has 0 unspecified atom stereocenters. The summed E-state index contributed by atoms with van der Waals surface area (Å²) >= 11 is 0. The second-order valence-corrected chi connectivity index (χ2v) is 6.65. The number of aromatic nitrogens is 2. The molecule has 2 aromatic rings. The van der Waals surface area contributed by atoms with E-state index in [1.807, 2.05) is 26.0 Å². The third kappa shape index (κ3) is 3.60. The molecular formula is C20H21F2N3O. The van der Waals surface area contributed by atoms with Gasteiger partial charge in [-0.15, -0.1) is 5.73 Å². The summed E-state index contributed by atoms with van der Waals surface area (Å²) in [6.45, 7) is 4.00. The number of anilines is 1. The van der Waals surface area contributed by atoms with Crippen LogP contribution in [-0.2, 0) is 13.5 Å². The van der Waals surface area contributed by atoms with E-state index in [4.69, 9.17) is 0 Å². The van der Waals surface area contributed by atoms with Crippen LogP contribution in [0.2, 0.25) is 0 Å². The van der Waals surface area contributed by atoms with Crippen molar-refractivity contribution in [2.24, 2.45) is 7.05 Å². The van der Waals surface area contributed by atoms with Crippen molar-refractivity contribution in [2.45, 2.75) is 39.5 Å². The molecule has 136 valence electrons. The SMILES string of the molecule is CC(C)=C=C1CCCc2c(NC(=O)c3cn(C)nc3C(F)F)cccc21. The summed E-state index contributed by atoms with van der Waals surface area (Å²) in [4.78, 5) is 12.6. The maximum atomic E-state index is 13.1. The van der Waals surface area contributed by atoms with Crippen molar-refractivity contribution in [1.29, 1.82) is 0 Å². The largest absolute Gasteiger partial charge is 0.322 e. The highest BCUT2D eigenvalue weighted by Gasteiger charge is 2.24. The van der Waals surface area contributed by atoms with Crippen LogP contribution in [0, 0.1) is 0 Å². The first-order chi connectivity index (χ1) is 12.4. The molecule has 1 heterocycles. The fourth-order valence-electron chi connectivity index (χ4n) is 3.30. The summed E-state index contributed by atoms with van der Waals surface area (Å²) in [5.41, 5.74) is 7.75. The van der Waals surface area contributed by atoms with Gasteiger partial charge in [-0.1, -0.05) is 12.1 Å². The molecule has 1 aliphatic rings. The Morgan fingerprint density at radius 3 is 2.77 bits per heavy atom. The first-order valence-corrected chi connectivity index (χ1v) is 8.55. The molecule has 1 N–H and O–H groups in total. The zero-order chi connectivity index (χ0) is 18.8. The third-order valence-corrected chi connectivity index (χ3v) is 4.31. The van der Waals surface area contributed by atoms with Gasteiger partial charge in [0, 0.05) is 24.5 Å². The molecular weight excluding hydrogens is 336 g/mol. The smallest absolute Gasteiger partial charge is 0.282 e. The minimum absolute atomic E-state index is 0.101. The average Bonchev–Trinajstić information content (AvgIpc) is 2.97. The molecule has 6 heteroatoms. The molecule has 3 rings (SSSR count). The van der Waals surface area contributed by atoms with Gasteiger partial charge in [-0.25, -0.2) is 8.78 Å². The number of alkyl halides is 2. The molecule has 1 aromatic carbocycles. The lowest BCUT2D eigenvalue weighted by molar-refractivity contribution is 0.101. The van der Waals surface area contributed by atoms with Gasteiger partial charge in [0.25, 0.3) is 12.3 Å². The van der Waals surface area contributed by atoms with E-state index >= 15 is 0 Å². The highest BCUT2D eigenvalue weighted by molar-refractivity contribution is 6.05. The van der Waals surface area contributed by atoms with Crippen LogP contribution in [-0.4, -0.2) is 15.7 Å². The van der Waals surface area contributed by atoms with Crippen LogP contribution in [0.25, 0.3) is 5.57 Å². The molecule has 26 heavy (non-hydrogen) atoms. The van der Waals surface area contributed by atoms with Crippen molar-refractivity contribution in [3.63, 3.8) is 0 Å². The molecule has 0 bridgehead atoms. The second-order valence-electron chi connectivity index (χ2n) is 6.65. The Labute approximate surface area is 151 Å². The average molecular weight is 357 g/mol. The highest BCUT2D eigenvalue weighted by Crippen LogP contribution is 2.35. The molecule has 4 nitrogen and oxygen atoms in total. The zero-order valence-corrected chi connectivity index (χ0v) is 15.1. The van der Waals surface area contributed by atoms with Gasteiger partial charge in [-0.05, 0) is 55.9 Å². The number of nitrogens with one attached hydrogen (secondary N) is 1. The van der Waals surface area contributed by atoms with E-state index in [1.54, 1.807) is 6.07 Å². The van der Waals surface area contributed by atoms with Gasteiger partial charge >= 0.3 is 0 Å². The summed E-state index contributed by atoms with van der Waals surface area (Å²) < 4.78 is 27.5. The summed E-state index contributed by atoms with van der Waals surface area (Å²) in [7, 11) is 1.52. The monoisotopic (exact) mass is 357 g/mol. The van der Waals surface area contributed by atoms with E-state index in [-0.39, 0.29) is 5.56 Å². The summed E-state index contributed by atoms with van der Waals surface area (Å²) in [6, 6.07) is 5.69. The topological polar surface area (TPSA) is 46.9 Å². The first-order valence-electron chi connectivity index (χ1n) is 8.55. The van der Waals surface area contributed by atoms with Crippen LogP contribution in [0.5, 0.6) is 0 Å². The highest BCUT2D eigenvalue weighted by atomic mass is 19.3. The number of carbonyl (C=O) groups excluding carboxylic acids is 1. The molecule has 0 fully saturated rings. The summed E-state index contributed by atoms with van der Waals surface area (Å²) in [6.07, 6.45) is 1.25. The Morgan fingerprint density at radius 2 is 2.08 bits per heavy atom. The van der Waals surface area contributed by atoms with E-state index in [1.165, 1.54) is 17.9 Å². The van der Waals surface area contributed by atoms with Gasteiger partial charge in [-0.2, -0.15) is 5.10 Å². The number of halogens is 2. The fraction of sp³-hybridized carbons (Fsp3) is 0.350. The van der Waals surface area contributed by atoms with Crippen molar-refractivity contribution >= 4 is 17.2 Å². The molecule has 1 aliphatic carbocycles. The molecule has 1 amide bonds. The number of rotatable bonds is 3. The van der Waals surface area contributed by atoms with Gasteiger partial charge in [-0.3, -0.25) is 9.48 Å². The van der Waals surface area contributed by atoms with Crippen molar-refractivity contribution in [2.75, 3.05) is 5.32 Å². The van der Waals surface area contributed by atoms with E-state index in [0.29, 0.717) is 5.69 Å². The van der Waals surface area contributed by atoms with Crippen LogP contribution >= 0.6 is 0 Å². The molecule has 0 saturated carbocycles. The minimum atomic E-state index is -2.80. The Kier molecular flexibility index (Phi) is 5.05. The van der Waals surface area contributed by atoms with E-state index in [0.717, 1.165) is 41.5 Å². The number of carbonyl (C=O) groups is 1. The molecule has 0 atom stereocenters.